The van der Waals surface area contributed by atoms with Gasteiger partial charge in [-0.2, -0.15) is 5.10 Å². The summed E-state index contributed by atoms with van der Waals surface area (Å²) in [4.78, 5) is 4.44. The molecular weight excluding hydrogens is 491 g/mol. The summed E-state index contributed by atoms with van der Waals surface area (Å²) in [5.74, 6) is 0.576. The van der Waals surface area contributed by atoms with Crippen LogP contribution in [0.15, 0.2) is 46.4 Å². The number of nitrogens with zero attached hydrogens (tertiary/aromatic N) is 3. The molecule has 0 amide bonds. The van der Waals surface area contributed by atoms with E-state index < -0.39 is 15.6 Å². The molecule has 0 aliphatic carbocycles. The molecule has 1 heterocycles. The average molecular weight is 520 g/mol. The van der Waals surface area contributed by atoms with Crippen LogP contribution in [0.3, 0.4) is 0 Å². The maximum Gasteiger partial charge on any atom is 0.241 e. The quantitative estimate of drug-likeness (QED) is 0.307. The van der Waals surface area contributed by atoms with Crippen molar-refractivity contribution in [1.82, 2.24) is 25.1 Å². The summed E-state index contributed by atoms with van der Waals surface area (Å²) >= 11 is 0. The third-order valence-electron chi connectivity index (χ3n) is 3.73. The van der Waals surface area contributed by atoms with Crippen LogP contribution in [0.2, 0.25) is 0 Å². The largest absolute Gasteiger partial charge is 0.352 e. The summed E-state index contributed by atoms with van der Waals surface area (Å²) < 4.78 is 29.9. The fourth-order valence-corrected chi connectivity index (χ4v) is 4.18. The van der Waals surface area contributed by atoms with E-state index in [9.17, 15) is 8.42 Å². The predicted molar refractivity (Wildman–Crippen MR) is 122 cm³/mol. The summed E-state index contributed by atoms with van der Waals surface area (Å²) in [7, 11) is -0.0779. The lowest BCUT2D eigenvalue weighted by molar-refractivity contribution is 0.491. The van der Waals surface area contributed by atoms with Gasteiger partial charge in [-0.1, -0.05) is 18.2 Å². The van der Waals surface area contributed by atoms with Gasteiger partial charge in [0.25, 0.3) is 0 Å². The summed E-state index contributed by atoms with van der Waals surface area (Å²) in [5.41, 5.74) is 1.12. The van der Waals surface area contributed by atoms with Crippen LogP contribution in [0.4, 0.5) is 0 Å². The Morgan fingerprint density at radius 1 is 1.14 bits per heavy atom. The van der Waals surface area contributed by atoms with Crippen molar-refractivity contribution in [1.29, 1.82) is 0 Å². The van der Waals surface area contributed by atoms with Crippen molar-refractivity contribution in [3.8, 4) is 0 Å². The molecule has 0 aliphatic heterocycles. The van der Waals surface area contributed by atoms with Crippen LogP contribution in [0.1, 0.15) is 32.0 Å². The molecule has 2 rings (SSSR count). The van der Waals surface area contributed by atoms with Gasteiger partial charge in [0.05, 0.1) is 17.1 Å². The Balaban J connectivity index is 0.00000392. The van der Waals surface area contributed by atoms with Gasteiger partial charge in [-0.3, -0.25) is 9.67 Å². The number of rotatable bonds is 6. The molecule has 10 heteroatoms. The first-order chi connectivity index (χ1) is 12.6. The van der Waals surface area contributed by atoms with E-state index in [1.54, 1.807) is 36.1 Å². The zero-order valence-electron chi connectivity index (χ0n) is 16.9. The van der Waals surface area contributed by atoms with E-state index in [1.807, 2.05) is 40.0 Å². The second-order valence-corrected chi connectivity index (χ2v) is 8.84. The van der Waals surface area contributed by atoms with Gasteiger partial charge in [-0.15, -0.1) is 24.0 Å². The predicted octanol–water partition coefficient (Wildman–Crippen LogP) is 1.98. The Morgan fingerprint density at radius 3 is 2.36 bits per heavy atom. The second kappa shape index (κ2) is 10.2. The number of hydrogen-bond donors (Lipinski definition) is 3. The number of benzene rings is 1. The number of aliphatic imine (C=N–C) groups is 1. The molecule has 3 N–H and O–H groups in total. The Morgan fingerprint density at radius 2 is 1.79 bits per heavy atom. The Labute approximate surface area is 184 Å². The molecule has 156 valence electrons. The summed E-state index contributed by atoms with van der Waals surface area (Å²) in [6.07, 6.45) is 1.73. The van der Waals surface area contributed by atoms with Crippen molar-refractivity contribution in [2.24, 2.45) is 12.0 Å². The lowest BCUT2D eigenvalue weighted by Gasteiger charge is -2.22. The normalized spacial score (nSPS) is 12.4. The van der Waals surface area contributed by atoms with Gasteiger partial charge in [-0.05, 0) is 38.5 Å². The molecule has 1 aromatic heterocycles. The topological polar surface area (TPSA) is 100 Å². The van der Waals surface area contributed by atoms with Gasteiger partial charge in [0, 0.05) is 32.4 Å². The maximum absolute atomic E-state index is 12.7. The van der Waals surface area contributed by atoms with Gasteiger partial charge in [0.2, 0.25) is 10.0 Å². The van der Waals surface area contributed by atoms with Crippen LogP contribution in [0.5, 0.6) is 0 Å². The number of guanidine groups is 1. The third-order valence-corrected chi connectivity index (χ3v) is 5.59. The molecule has 0 radical (unpaired) electrons. The fourth-order valence-electron chi connectivity index (χ4n) is 2.52. The molecule has 0 bridgehead atoms. The summed E-state index contributed by atoms with van der Waals surface area (Å²) in [6, 6.07) is 8.85. The van der Waals surface area contributed by atoms with Gasteiger partial charge in [0.15, 0.2) is 5.96 Å². The zero-order valence-corrected chi connectivity index (χ0v) is 20.0. The number of halogens is 1. The van der Waals surface area contributed by atoms with Crippen molar-refractivity contribution in [2.45, 2.75) is 44.3 Å². The van der Waals surface area contributed by atoms with Crippen molar-refractivity contribution in [2.75, 3.05) is 7.05 Å². The van der Waals surface area contributed by atoms with Crippen molar-refractivity contribution >= 4 is 40.0 Å². The van der Waals surface area contributed by atoms with Crippen LogP contribution < -0.4 is 15.4 Å². The molecule has 28 heavy (non-hydrogen) atoms. The van der Waals surface area contributed by atoms with Gasteiger partial charge in [-0.25, -0.2) is 13.1 Å². The molecule has 2 aromatic rings. The number of hydrogen-bond acceptors (Lipinski definition) is 4. The SMILES string of the molecule is CN=C(NCc1ccccc1S(=O)(=O)NC(C)(C)C)NCc1ccnn1C.I. The van der Waals surface area contributed by atoms with Crippen LogP contribution in [0.25, 0.3) is 0 Å². The van der Waals surface area contributed by atoms with E-state index in [2.05, 4.69) is 25.4 Å². The molecule has 0 saturated carbocycles. The van der Waals surface area contributed by atoms with E-state index in [0.29, 0.717) is 24.6 Å². The first-order valence-electron chi connectivity index (χ1n) is 8.65. The first-order valence-corrected chi connectivity index (χ1v) is 10.1. The van der Waals surface area contributed by atoms with Gasteiger partial charge in [0.1, 0.15) is 0 Å². The van der Waals surface area contributed by atoms with Crippen LogP contribution in [-0.4, -0.2) is 36.7 Å². The lowest BCUT2D eigenvalue weighted by atomic mass is 10.1. The van der Waals surface area contributed by atoms with E-state index in [4.69, 9.17) is 0 Å². The minimum Gasteiger partial charge on any atom is -0.352 e. The Hall–Kier alpha value is -1.66. The van der Waals surface area contributed by atoms with E-state index in [1.165, 1.54) is 0 Å². The maximum atomic E-state index is 12.7. The number of nitrogens with one attached hydrogen (secondary N) is 3. The molecule has 8 nitrogen and oxygen atoms in total. The lowest BCUT2D eigenvalue weighted by Crippen LogP contribution is -2.41. The van der Waals surface area contributed by atoms with Crippen molar-refractivity contribution < 1.29 is 8.42 Å². The summed E-state index contributed by atoms with van der Waals surface area (Å²) in [5, 5.41) is 10.5. The van der Waals surface area contributed by atoms with Crippen LogP contribution in [-0.2, 0) is 30.2 Å². The zero-order chi connectivity index (χ0) is 20.1. The second-order valence-electron chi connectivity index (χ2n) is 7.19. The minimum absolute atomic E-state index is 0. The van der Waals surface area contributed by atoms with E-state index >= 15 is 0 Å². The van der Waals surface area contributed by atoms with Crippen LogP contribution in [0, 0.1) is 0 Å². The monoisotopic (exact) mass is 520 g/mol. The van der Waals surface area contributed by atoms with E-state index in [-0.39, 0.29) is 28.9 Å². The molecule has 0 aliphatic rings. The highest BCUT2D eigenvalue weighted by molar-refractivity contribution is 14.0. The third kappa shape index (κ3) is 7.06. The highest BCUT2D eigenvalue weighted by atomic mass is 127. The Bertz CT molecular complexity index is 903. The highest BCUT2D eigenvalue weighted by Gasteiger charge is 2.24. The minimum atomic E-state index is -3.62. The van der Waals surface area contributed by atoms with Crippen molar-refractivity contribution in [3.63, 3.8) is 0 Å². The molecule has 0 spiro atoms. The van der Waals surface area contributed by atoms with Crippen molar-refractivity contribution in [3.05, 3.63) is 47.8 Å². The fraction of sp³-hybridized carbons (Fsp3) is 0.444. The molecule has 0 saturated heterocycles. The summed E-state index contributed by atoms with van der Waals surface area (Å²) in [6.45, 7) is 6.33. The first kappa shape index (κ1) is 24.4. The number of sulfonamides is 1. The highest BCUT2D eigenvalue weighted by Crippen LogP contribution is 2.17. The number of aromatic nitrogens is 2. The average Bonchev–Trinajstić information content (AvgIpc) is 2.98. The molecule has 0 atom stereocenters. The molecule has 0 unspecified atom stereocenters. The van der Waals surface area contributed by atoms with Crippen LogP contribution >= 0.6 is 24.0 Å². The standard InChI is InChI=1S/C18H28N6O2S.HI/c1-18(2,3)23-27(25,26)16-9-7-6-8-14(16)12-20-17(19-4)21-13-15-10-11-22-24(15)5;/h6-11,23H,12-13H2,1-5H3,(H2,19,20,21);1H. The smallest absolute Gasteiger partial charge is 0.241 e. The molecule has 0 fully saturated rings. The molecule has 1 aromatic carbocycles. The Kier molecular flexibility index (Phi) is 8.89. The van der Waals surface area contributed by atoms with Gasteiger partial charge >= 0.3 is 0 Å². The van der Waals surface area contributed by atoms with Gasteiger partial charge < -0.3 is 10.6 Å². The number of aryl methyl sites for hydroxylation is 1. The molecular formula is C18H29IN6O2S. The van der Waals surface area contributed by atoms with E-state index in [0.717, 1.165) is 5.69 Å².